The summed E-state index contributed by atoms with van der Waals surface area (Å²) in [7, 11) is 0. The Kier molecular flexibility index (Phi) is 9.09. The zero-order chi connectivity index (χ0) is 36.9. The Balaban J connectivity index is 1.38. The van der Waals surface area contributed by atoms with Crippen LogP contribution in [0.15, 0.2) is 66.2 Å². The molecule has 0 bridgehead atoms. The number of amides is 2. The van der Waals surface area contributed by atoms with Crippen molar-refractivity contribution < 1.29 is 31.9 Å². The molecule has 3 atom stereocenters. The number of nitrogens with zero attached hydrogens (tertiary/aromatic N) is 7. The second kappa shape index (κ2) is 12.9. The smallest absolute Gasteiger partial charge is 0.407 e. The average molecular weight is 712 g/mol. The molecule has 1 fully saturated rings. The Bertz CT molecular complexity index is 1910. The Morgan fingerprint density at radius 2 is 1.88 bits per heavy atom. The summed E-state index contributed by atoms with van der Waals surface area (Å²) in [6, 6.07) is 5.41. The molecule has 1 unspecified atom stereocenters. The Morgan fingerprint density at radius 1 is 1.14 bits per heavy atom. The van der Waals surface area contributed by atoms with Crippen molar-refractivity contribution in [3.05, 3.63) is 78.2 Å². The van der Waals surface area contributed by atoms with Gasteiger partial charge in [-0.1, -0.05) is 58.1 Å². The zero-order valence-corrected chi connectivity index (χ0v) is 29.0. The first-order chi connectivity index (χ1) is 23.9. The second-order valence-corrected chi connectivity index (χ2v) is 15.1. The molecule has 0 radical (unpaired) electrons. The van der Waals surface area contributed by atoms with Crippen LogP contribution < -0.4 is 11.1 Å². The van der Waals surface area contributed by atoms with Crippen LogP contribution in [-0.4, -0.2) is 65.1 Å². The van der Waals surface area contributed by atoms with E-state index in [2.05, 4.69) is 20.5 Å². The molecule has 2 aromatic heterocycles. The summed E-state index contributed by atoms with van der Waals surface area (Å²) in [6.07, 6.45) is 7.74. The van der Waals surface area contributed by atoms with E-state index in [1.165, 1.54) is 17.3 Å². The first-order valence-corrected chi connectivity index (χ1v) is 16.6. The lowest BCUT2D eigenvalue weighted by atomic mass is 9.61. The van der Waals surface area contributed by atoms with Crippen LogP contribution in [0.4, 0.5) is 22.4 Å². The van der Waals surface area contributed by atoms with Gasteiger partial charge in [0.1, 0.15) is 12.9 Å². The lowest BCUT2D eigenvalue weighted by molar-refractivity contribution is -0.138. The third-order valence-corrected chi connectivity index (χ3v) is 9.72. The summed E-state index contributed by atoms with van der Waals surface area (Å²) in [6.45, 7) is 6.63. The molecule has 12 nitrogen and oxygen atoms in total. The maximum atomic E-state index is 15.1. The van der Waals surface area contributed by atoms with Crippen molar-refractivity contribution in [2.24, 2.45) is 21.6 Å². The fraction of sp³-hybridized carbons (Fsp3) is 0.486. The van der Waals surface area contributed by atoms with E-state index in [1.807, 2.05) is 46.8 Å². The predicted molar refractivity (Wildman–Crippen MR) is 180 cm³/mol. The summed E-state index contributed by atoms with van der Waals surface area (Å²) >= 11 is 0. The fourth-order valence-electron chi connectivity index (χ4n) is 6.74. The predicted octanol–water partition coefficient (Wildman–Crippen LogP) is 6.50. The average Bonchev–Trinajstić information content (AvgIpc) is 3.43. The monoisotopic (exact) mass is 711 g/mol. The molecule has 1 aliphatic heterocycles. The second-order valence-electron chi connectivity index (χ2n) is 15.1. The van der Waals surface area contributed by atoms with Crippen LogP contribution in [0.3, 0.4) is 0 Å². The number of ether oxygens (including phenoxy) is 1. The number of nitrogens with two attached hydrogens (primary N) is 1. The number of allylic oxidation sites excluding steroid dienone is 3. The van der Waals surface area contributed by atoms with Crippen LogP contribution in [0.5, 0.6) is 0 Å². The highest BCUT2D eigenvalue weighted by Crippen LogP contribution is 2.52. The van der Waals surface area contributed by atoms with E-state index >= 15 is 4.79 Å². The third-order valence-electron chi connectivity index (χ3n) is 9.72. The van der Waals surface area contributed by atoms with E-state index in [9.17, 15) is 22.4 Å². The number of guanidine groups is 1. The Morgan fingerprint density at radius 3 is 2.49 bits per heavy atom. The third kappa shape index (κ3) is 7.00. The van der Waals surface area contributed by atoms with Gasteiger partial charge >= 0.3 is 12.6 Å². The van der Waals surface area contributed by atoms with Crippen molar-refractivity contribution in [3.63, 3.8) is 0 Å². The molecule has 16 heteroatoms. The van der Waals surface area contributed by atoms with Gasteiger partial charge in [-0.2, -0.15) is 19.0 Å². The van der Waals surface area contributed by atoms with E-state index < -0.39 is 53.2 Å². The molecular weight excluding hydrogens is 670 g/mol. The van der Waals surface area contributed by atoms with Crippen LogP contribution in [0.2, 0.25) is 0 Å². The van der Waals surface area contributed by atoms with E-state index in [-0.39, 0.29) is 30.2 Å². The summed E-state index contributed by atoms with van der Waals surface area (Å²) < 4.78 is 61.3. The number of alkyl halides is 4. The molecule has 6 rings (SSSR count). The van der Waals surface area contributed by atoms with Crippen molar-refractivity contribution in [1.29, 1.82) is 0 Å². The van der Waals surface area contributed by atoms with Crippen molar-refractivity contribution in [1.82, 2.24) is 34.8 Å². The standard InChI is InChI=1S/C35H41F4N9O3/c1-32(2,3)19-35(33(4)11-9-21(10-12-33)23-16-42-46(17-23)29(38)39)28(49)47(30(40)44-35)25(18-51-31(50)45-34(5)13-14-34)22-7-6-8-24(15-22)48-27(26(36)37)41-20-43-48/h6-11,15-17,20,25-26,29H,12-14,18-19H2,1-5H3,(H2,40,44)(H,45,50)/t25-,33?,35+/m1/s1. The molecule has 1 aromatic carbocycles. The molecule has 3 heterocycles. The van der Waals surface area contributed by atoms with Crippen LogP contribution in [0.1, 0.15) is 96.3 Å². The van der Waals surface area contributed by atoms with Crippen LogP contribution >= 0.6 is 0 Å². The van der Waals surface area contributed by atoms with Gasteiger partial charge in [-0.15, -0.1) is 0 Å². The van der Waals surface area contributed by atoms with Crippen LogP contribution in [0, 0.1) is 10.8 Å². The quantitative estimate of drug-likeness (QED) is 0.216. The fourth-order valence-corrected chi connectivity index (χ4v) is 6.74. The highest BCUT2D eigenvalue weighted by molar-refractivity contribution is 6.08. The van der Waals surface area contributed by atoms with E-state index in [0.29, 0.717) is 27.8 Å². The molecule has 2 aliphatic carbocycles. The molecule has 0 spiro atoms. The number of hydrogen-bond acceptors (Lipinski definition) is 8. The van der Waals surface area contributed by atoms with Crippen molar-refractivity contribution in [2.45, 2.75) is 90.4 Å². The molecule has 3 aromatic rings. The highest BCUT2D eigenvalue weighted by atomic mass is 19.3. The minimum atomic E-state index is -2.90. The summed E-state index contributed by atoms with van der Waals surface area (Å²) in [5.41, 5.74) is 5.35. The van der Waals surface area contributed by atoms with Gasteiger partial charge in [0.15, 0.2) is 17.3 Å². The Hall–Kier alpha value is -5.02. The minimum Gasteiger partial charge on any atom is -0.447 e. The number of aliphatic imine (C=N–C) groups is 1. The van der Waals surface area contributed by atoms with Gasteiger partial charge in [-0.25, -0.2) is 32.9 Å². The maximum absolute atomic E-state index is 15.1. The van der Waals surface area contributed by atoms with Gasteiger partial charge in [0.2, 0.25) is 0 Å². The summed E-state index contributed by atoms with van der Waals surface area (Å²) in [4.78, 5) is 38.0. The van der Waals surface area contributed by atoms with Gasteiger partial charge < -0.3 is 15.8 Å². The van der Waals surface area contributed by atoms with Gasteiger partial charge in [0.25, 0.3) is 12.3 Å². The number of aromatic nitrogens is 5. The molecule has 2 amide bonds. The Labute approximate surface area is 292 Å². The number of hydrogen-bond donors (Lipinski definition) is 2. The lowest BCUT2D eigenvalue weighted by Gasteiger charge is -2.45. The number of alkyl carbamates (subject to hydrolysis) is 1. The normalized spacial score (nSPS) is 23.4. The van der Waals surface area contributed by atoms with Gasteiger partial charge in [-0.05, 0) is 61.3 Å². The van der Waals surface area contributed by atoms with Gasteiger partial charge in [-0.3, -0.25) is 9.69 Å². The largest absolute Gasteiger partial charge is 0.447 e. The van der Waals surface area contributed by atoms with Crippen molar-refractivity contribution in [2.75, 3.05) is 6.61 Å². The lowest BCUT2D eigenvalue weighted by Crippen LogP contribution is -2.55. The number of carbonyl (C=O) groups excluding carboxylic acids is 2. The zero-order valence-electron chi connectivity index (χ0n) is 29.0. The summed E-state index contributed by atoms with van der Waals surface area (Å²) in [5, 5.41) is 10.6. The van der Waals surface area contributed by atoms with Gasteiger partial charge in [0.05, 0.1) is 17.9 Å². The number of halogens is 4. The maximum Gasteiger partial charge on any atom is 0.407 e. The van der Waals surface area contributed by atoms with E-state index in [1.54, 1.807) is 30.3 Å². The number of carbonyl (C=O) groups is 2. The van der Waals surface area contributed by atoms with Crippen molar-refractivity contribution >= 4 is 23.5 Å². The minimum absolute atomic E-state index is 0.102. The molecule has 0 saturated heterocycles. The van der Waals surface area contributed by atoms with Crippen molar-refractivity contribution in [3.8, 4) is 5.69 Å². The van der Waals surface area contributed by atoms with Crippen LogP contribution in [0.25, 0.3) is 11.3 Å². The van der Waals surface area contributed by atoms with E-state index in [0.717, 1.165) is 23.9 Å². The molecule has 51 heavy (non-hydrogen) atoms. The number of nitrogens with one attached hydrogen (secondary N) is 1. The number of rotatable bonds is 11. The first kappa shape index (κ1) is 35.8. The molecule has 272 valence electrons. The number of benzene rings is 1. The SMILES string of the molecule is CC(C)(C)C[C@]1(C2(C)C=CC(c3cnn(C(F)F)c3)=CC2)N=C(N)N([C@H](COC(=O)NC2(C)CC2)c2cccc(-n3ncnc3C(F)F)c2)C1=O. The van der Waals surface area contributed by atoms with Crippen LogP contribution in [-0.2, 0) is 9.53 Å². The topological polar surface area (TPSA) is 146 Å². The first-order valence-electron chi connectivity index (χ1n) is 16.6. The van der Waals surface area contributed by atoms with Gasteiger partial charge in [0, 0.05) is 22.7 Å². The molecular formula is C35H41F4N9O3. The highest BCUT2D eigenvalue weighted by Gasteiger charge is 2.60. The molecule has 3 N–H and O–H groups in total. The van der Waals surface area contributed by atoms with E-state index in [4.69, 9.17) is 15.5 Å². The molecule has 1 saturated carbocycles. The summed E-state index contributed by atoms with van der Waals surface area (Å²) in [5.74, 6) is -1.10. The molecule has 3 aliphatic rings.